The van der Waals surface area contributed by atoms with Crippen LogP contribution in [0.1, 0.15) is 70.0 Å². The van der Waals surface area contributed by atoms with Crippen molar-refractivity contribution < 1.29 is 33.4 Å². The van der Waals surface area contributed by atoms with E-state index in [-0.39, 0.29) is 49.2 Å². The minimum absolute atomic E-state index is 0.0549. The summed E-state index contributed by atoms with van der Waals surface area (Å²) in [7, 11) is 0. The lowest BCUT2D eigenvalue weighted by molar-refractivity contribution is -0.153. The number of likely N-dealkylation sites (tertiary alicyclic amines) is 1. The molecule has 43 heavy (non-hydrogen) atoms. The van der Waals surface area contributed by atoms with Crippen molar-refractivity contribution in [3.8, 4) is 16.3 Å². The van der Waals surface area contributed by atoms with E-state index in [1.165, 1.54) is 4.90 Å². The predicted octanol–water partition coefficient (Wildman–Crippen LogP) is 4.46. The van der Waals surface area contributed by atoms with Crippen molar-refractivity contribution in [2.24, 2.45) is 5.92 Å². The molecular weight excluding hydrogens is 572 g/mol. The molecule has 3 heterocycles. The molecule has 12 heteroatoms. The van der Waals surface area contributed by atoms with Crippen LogP contribution in [0.5, 0.6) is 5.88 Å². The lowest BCUT2D eigenvalue weighted by Gasteiger charge is -2.29. The second kappa shape index (κ2) is 14.9. The zero-order chi connectivity index (χ0) is 31.1. The summed E-state index contributed by atoms with van der Waals surface area (Å²) in [6, 6.07) is 8.46. The number of rotatable bonds is 14. The van der Waals surface area contributed by atoms with Gasteiger partial charge in [-0.25, -0.2) is 4.98 Å². The monoisotopic (exact) mass is 614 g/mol. The normalized spacial score (nSPS) is 18.3. The second-order valence-electron chi connectivity index (χ2n) is 11.0. The maximum absolute atomic E-state index is 13.9. The Morgan fingerprint density at radius 1 is 1.16 bits per heavy atom. The molecule has 0 spiro atoms. The average molecular weight is 615 g/mol. The third-order valence-corrected chi connectivity index (χ3v) is 8.44. The number of hydrogen-bond acceptors (Lipinski definition) is 10. The van der Waals surface area contributed by atoms with E-state index >= 15 is 0 Å². The van der Waals surface area contributed by atoms with Gasteiger partial charge in [-0.1, -0.05) is 38.1 Å². The van der Waals surface area contributed by atoms with Crippen molar-refractivity contribution in [3.05, 3.63) is 52.9 Å². The number of nitrogens with zero attached hydrogens (tertiary/aromatic N) is 3. The first-order valence-electron chi connectivity index (χ1n) is 14.7. The van der Waals surface area contributed by atoms with Crippen LogP contribution < -0.4 is 10.1 Å². The van der Waals surface area contributed by atoms with Crippen LogP contribution in [0.2, 0.25) is 0 Å². The first-order valence-corrected chi connectivity index (χ1v) is 15.6. The Morgan fingerprint density at radius 3 is 2.47 bits per heavy atom. The van der Waals surface area contributed by atoms with Gasteiger partial charge < -0.3 is 34.1 Å². The molecule has 1 fully saturated rings. The van der Waals surface area contributed by atoms with Crippen molar-refractivity contribution in [2.45, 2.75) is 78.4 Å². The van der Waals surface area contributed by atoms with E-state index in [9.17, 15) is 14.7 Å². The molecule has 0 saturated carbocycles. The molecule has 4 rings (SSSR count). The van der Waals surface area contributed by atoms with Gasteiger partial charge in [0, 0.05) is 32.2 Å². The minimum atomic E-state index is -0.817. The van der Waals surface area contributed by atoms with E-state index < -0.39 is 24.4 Å². The van der Waals surface area contributed by atoms with Crippen molar-refractivity contribution in [3.63, 3.8) is 0 Å². The molecule has 0 radical (unpaired) electrons. The van der Waals surface area contributed by atoms with Crippen molar-refractivity contribution in [2.75, 3.05) is 26.4 Å². The van der Waals surface area contributed by atoms with Crippen LogP contribution in [-0.4, -0.2) is 76.8 Å². The number of ether oxygens (including phenoxy) is 3. The maximum atomic E-state index is 13.9. The second-order valence-corrected chi connectivity index (χ2v) is 11.8. The van der Waals surface area contributed by atoms with Gasteiger partial charge in [-0.15, -0.1) is 11.3 Å². The van der Waals surface area contributed by atoms with Crippen LogP contribution in [-0.2, 0) is 19.1 Å². The van der Waals surface area contributed by atoms with Gasteiger partial charge >= 0.3 is 0 Å². The van der Waals surface area contributed by atoms with Gasteiger partial charge in [-0.2, -0.15) is 0 Å². The van der Waals surface area contributed by atoms with E-state index in [4.69, 9.17) is 18.7 Å². The van der Waals surface area contributed by atoms with Crippen LogP contribution in [0.3, 0.4) is 0 Å². The summed E-state index contributed by atoms with van der Waals surface area (Å²) in [6.45, 7) is 12.5. The number of aryl methyl sites for hydroxylation is 1. The van der Waals surface area contributed by atoms with Gasteiger partial charge in [0.1, 0.15) is 18.6 Å². The van der Waals surface area contributed by atoms with Crippen LogP contribution in [0.25, 0.3) is 10.4 Å². The van der Waals surface area contributed by atoms with Gasteiger partial charge in [0.25, 0.3) is 5.88 Å². The summed E-state index contributed by atoms with van der Waals surface area (Å²) >= 11 is 1.59. The fourth-order valence-electron chi connectivity index (χ4n) is 5.27. The third kappa shape index (κ3) is 7.99. The van der Waals surface area contributed by atoms with E-state index in [0.717, 1.165) is 21.7 Å². The summed E-state index contributed by atoms with van der Waals surface area (Å²) in [5, 5.41) is 17.5. The molecule has 11 nitrogen and oxygen atoms in total. The fraction of sp³-hybridized carbons (Fsp3) is 0.548. The molecule has 3 aromatic rings. The summed E-state index contributed by atoms with van der Waals surface area (Å²) in [5.41, 5.74) is 4.81. The molecule has 1 aromatic carbocycles. The molecule has 0 bridgehead atoms. The molecule has 1 aliphatic rings. The summed E-state index contributed by atoms with van der Waals surface area (Å²) in [5.74, 6) is -0.993. The number of carbonyl (C=O) groups is 2. The number of nitrogens with one attached hydrogen (secondary N) is 1. The van der Waals surface area contributed by atoms with Crippen LogP contribution in [0.4, 0.5) is 0 Å². The van der Waals surface area contributed by atoms with Crippen molar-refractivity contribution >= 4 is 23.2 Å². The van der Waals surface area contributed by atoms with Gasteiger partial charge in [0.15, 0.2) is 12.1 Å². The SMILES string of the molecule is CCOC(COc1cc([C@H](C(=O)N2C[C@H](O)C[C@H]2C(=O)N[C@@H](C)c2ccc(-c3scnc3C)cc2)C(C)C)on1)OCC. The molecule has 0 aliphatic carbocycles. The fourth-order valence-corrected chi connectivity index (χ4v) is 6.08. The first-order chi connectivity index (χ1) is 20.6. The average Bonchev–Trinajstić information content (AvgIpc) is 3.72. The molecule has 2 amide bonds. The summed E-state index contributed by atoms with van der Waals surface area (Å²) in [6.07, 6.45) is -1.21. The van der Waals surface area contributed by atoms with Crippen LogP contribution in [0, 0.1) is 12.8 Å². The number of aliphatic hydroxyl groups is 1. The zero-order valence-electron chi connectivity index (χ0n) is 25.6. The Labute approximate surface area is 256 Å². The molecule has 4 atom stereocenters. The highest BCUT2D eigenvalue weighted by molar-refractivity contribution is 7.13. The molecule has 234 valence electrons. The van der Waals surface area contributed by atoms with Crippen LogP contribution in [0.15, 0.2) is 40.4 Å². The number of amides is 2. The number of β-amino-alcohol motifs (C(OH)–C–C–N with tert-alkyl or cyclic N) is 1. The maximum Gasteiger partial charge on any atom is 0.254 e. The number of hydrogen-bond donors (Lipinski definition) is 2. The highest BCUT2D eigenvalue weighted by atomic mass is 32.1. The largest absolute Gasteiger partial charge is 0.470 e. The third-order valence-electron chi connectivity index (χ3n) is 7.46. The van der Waals surface area contributed by atoms with Gasteiger partial charge in [-0.05, 0) is 49.9 Å². The van der Waals surface area contributed by atoms with Crippen molar-refractivity contribution in [1.29, 1.82) is 0 Å². The van der Waals surface area contributed by atoms with Crippen molar-refractivity contribution in [1.82, 2.24) is 20.4 Å². The number of thiazole rings is 1. The van der Waals surface area contributed by atoms with E-state index in [2.05, 4.69) is 15.5 Å². The first kappa shape index (κ1) is 32.6. The van der Waals surface area contributed by atoms with Gasteiger partial charge in [0.2, 0.25) is 11.8 Å². The van der Waals surface area contributed by atoms with E-state index in [1.807, 2.05) is 71.3 Å². The number of aliphatic hydroxyl groups excluding tert-OH is 1. The minimum Gasteiger partial charge on any atom is -0.470 e. The summed E-state index contributed by atoms with van der Waals surface area (Å²) < 4.78 is 22.2. The standard InChI is InChI=1S/C31H42N4O7S/c1-7-39-27(40-8-2)16-41-26-14-25(42-34-26)28(18(3)4)31(38)35-15-23(36)13-24(35)30(37)33-19(5)21-9-11-22(12-10-21)29-20(6)32-17-43-29/h9-12,14,17-19,23-24,27-28,36H,7-8,13,15-16H2,1-6H3,(H,33,37)/t19-,23+,24-,28+/m0/s1. The highest BCUT2D eigenvalue weighted by Crippen LogP contribution is 2.33. The zero-order valence-corrected chi connectivity index (χ0v) is 26.4. The Morgan fingerprint density at radius 2 is 1.86 bits per heavy atom. The molecule has 0 unspecified atom stereocenters. The number of carbonyl (C=O) groups excluding carboxylic acids is 2. The van der Waals surface area contributed by atoms with Gasteiger partial charge in [0.05, 0.1) is 28.2 Å². The highest BCUT2D eigenvalue weighted by Gasteiger charge is 2.43. The quantitative estimate of drug-likeness (QED) is 0.252. The summed E-state index contributed by atoms with van der Waals surface area (Å²) in [4.78, 5) is 34.2. The molecule has 1 saturated heterocycles. The van der Waals surface area contributed by atoms with Gasteiger partial charge in [-0.3, -0.25) is 9.59 Å². The number of aromatic nitrogens is 2. The predicted molar refractivity (Wildman–Crippen MR) is 162 cm³/mol. The number of benzene rings is 1. The topological polar surface area (TPSA) is 136 Å². The lowest BCUT2D eigenvalue weighted by atomic mass is 9.91. The smallest absolute Gasteiger partial charge is 0.254 e. The Hall–Kier alpha value is -3.32. The molecule has 1 aliphatic heterocycles. The molecule has 2 aromatic heterocycles. The van der Waals surface area contributed by atoms with E-state index in [0.29, 0.717) is 19.0 Å². The molecular formula is C31H42N4O7S. The van der Waals surface area contributed by atoms with E-state index in [1.54, 1.807) is 17.4 Å². The van der Waals surface area contributed by atoms with Crippen LogP contribution >= 0.6 is 11.3 Å². The Bertz CT molecular complexity index is 1340. The Balaban J connectivity index is 1.43. The molecule has 2 N–H and O–H groups in total. The lowest BCUT2D eigenvalue weighted by Crippen LogP contribution is -2.48. The Kier molecular flexibility index (Phi) is 11.3.